The number of nitrogens with one attached hydrogen (secondary N) is 2. The number of halogens is 1. The fourth-order valence-electron chi connectivity index (χ4n) is 1.71. The maximum atomic E-state index is 11.7. The highest BCUT2D eigenvalue weighted by Gasteiger charge is 2.07. The molecule has 0 saturated heterocycles. The number of carbonyl (C=O) groups is 1. The Morgan fingerprint density at radius 3 is 2.90 bits per heavy atom. The summed E-state index contributed by atoms with van der Waals surface area (Å²) in [5, 5.41) is 15.4. The lowest BCUT2D eigenvalue weighted by atomic mass is 10.1. The van der Waals surface area contributed by atoms with Crippen molar-refractivity contribution in [2.45, 2.75) is 26.2 Å². The predicted molar refractivity (Wildman–Crippen MR) is 84.8 cm³/mol. The van der Waals surface area contributed by atoms with Gasteiger partial charge in [-0.3, -0.25) is 4.79 Å². The Kier molecular flexibility index (Phi) is 8.00. The van der Waals surface area contributed by atoms with Gasteiger partial charge < -0.3 is 10.6 Å². The van der Waals surface area contributed by atoms with Crippen LogP contribution in [0.5, 0.6) is 0 Å². The molecule has 0 spiro atoms. The smallest absolute Gasteiger partial charge is 0.263 e. The van der Waals surface area contributed by atoms with Crippen LogP contribution in [0.4, 0.5) is 0 Å². The molecule has 0 bridgehead atoms. The summed E-state index contributed by atoms with van der Waals surface area (Å²) in [5.74, 6) is -0.332. The van der Waals surface area contributed by atoms with E-state index in [9.17, 15) is 4.79 Å². The monoisotopic (exact) mass is 305 g/mol. The summed E-state index contributed by atoms with van der Waals surface area (Å²) in [4.78, 5) is 11.7. The summed E-state index contributed by atoms with van der Waals surface area (Å²) in [5.41, 5.74) is 1.20. The number of rotatable bonds is 8. The molecule has 21 heavy (non-hydrogen) atoms. The number of hydrogen-bond acceptors (Lipinski definition) is 3. The van der Waals surface area contributed by atoms with E-state index in [1.165, 1.54) is 6.20 Å². The molecule has 0 aliphatic rings. The van der Waals surface area contributed by atoms with Crippen molar-refractivity contribution in [1.82, 2.24) is 10.6 Å². The number of carbonyl (C=O) groups excluding carboxylic acids is 1. The molecule has 0 unspecified atom stereocenters. The van der Waals surface area contributed by atoms with E-state index in [0.29, 0.717) is 18.1 Å². The van der Waals surface area contributed by atoms with Crippen LogP contribution in [0.3, 0.4) is 0 Å². The minimum atomic E-state index is -0.332. The van der Waals surface area contributed by atoms with E-state index in [4.69, 9.17) is 16.9 Å². The summed E-state index contributed by atoms with van der Waals surface area (Å²) < 4.78 is 0. The van der Waals surface area contributed by atoms with Crippen molar-refractivity contribution in [3.05, 3.63) is 46.6 Å². The van der Waals surface area contributed by atoms with Gasteiger partial charge in [-0.1, -0.05) is 37.1 Å². The average Bonchev–Trinajstić information content (AvgIpc) is 2.47. The molecular formula is C16H20ClN3O. The van der Waals surface area contributed by atoms with Gasteiger partial charge >= 0.3 is 0 Å². The quantitative estimate of drug-likeness (QED) is 0.441. The molecule has 1 amide bonds. The Morgan fingerprint density at radius 1 is 1.43 bits per heavy atom. The molecular weight excluding hydrogens is 286 g/mol. The molecule has 0 fully saturated rings. The zero-order valence-corrected chi connectivity index (χ0v) is 12.9. The van der Waals surface area contributed by atoms with Crippen LogP contribution in [-0.2, 0) is 11.2 Å². The first-order valence-corrected chi connectivity index (χ1v) is 7.41. The van der Waals surface area contributed by atoms with E-state index < -0.39 is 0 Å². The van der Waals surface area contributed by atoms with Crippen LogP contribution in [0.2, 0.25) is 5.02 Å². The molecule has 112 valence electrons. The molecule has 0 radical (unpaired) electrons. The molecule has 0 atom stereocenters. The Balaban J connectivity index is 2.39. The number of amides is 1. The zero-order chi connectivity index (χ0) is 15.5. The summed E-state index contributed by atoms with van der Waals surface area (Å²) in [7, 11) is 0. The minimum Gasteiger partial charge on any atom is -0.389 e. The number of benzene rings is 1. The van der Waals surface area contributed by atoms with Gasteiger partial charge in [0.1, 0.15) is 11.6 Å². The Bertz CT molecular complexity index is 535. The van der Waals surface area contributed by atoms with E-state index in [1.54, 1.807) is 0 Å². The van der Waals surface area contributed by atoms with Crippen molar-refractivity contribution in [3.8, 4) is 6.07 Å². The topological polar surface area (TPSA) is 64.9 Å². The van der Waals surface area contributed by atoms with Gasteiger partial charge in [-0.15, -0.1) is 0 Å². The van der Waals surface area contributed by atoms with Crippen LogP contribution < -0.4 is 10.6 Å². The third kappa shape index (κ3) is 6.82. The standard InChI is InChI=1S/C16H20ClN3O/c1-2-3-8-20-16(21)14(11-18)12-19-9-7-13-5-4-6-15(17)10-13/h4-6,10,12,19H,2-3,7-9H2,1H3,(H,20,21)/b14-12-. The maximum Gasteiger partial charge on any atom is 0.263 e. The number of nitrogens with zero attached hydrogens (tertiary/aromatic N) is 1. The van der Waals surface area contributed by atoms with Gasteiger partial charge in [0, 0.05) is 24.3 Å². The van der Waals surface area contributed by atoms with E-state index in [2.05, 4.69) is 10.6 Å². The molecule has 1 aromatic carbocycles. The highest BCUT2D eigenvalue weighted by Crippen LogP contribution is 2.10. The SMILES string of the molecule is CCCCNC(=O)/C(C#N)=C\NCCc1cccc(Cl)c1. The molecule has 5 heteroatoms. The molecule has 0 aromatic heterocycles. The molecule has 1 aromatic rings. The van der Waals surface area contributed by atoms with E-state index in [0.717, 1.165) is 24.8 Å². The van der Waals surface area contributed by atoms with E-state index >= 15 is 0 Å². The Labute approximate surface area is 130 Å². The molecule has 0 saturated carbocycles. The average molecular weight is 306 g/mol. The molecule has 0 heterocycles. The highest BCUT2D eigenvalue weighted by atomic mass is 35.5. The van der Waals surface area contributed by atoms with Crippen LogP contribution in [-0.4, -0.2) is 19.0 Å². The van der Waals surface area contributed by atoms with E-state index in [1.807, 2.05) is 37.3 Å². The van der Waals surface area contributed by atoms with Gasteiger partial charge in [0.05, 0.1) is 0 Å². The first-order chi connectivity index (χ1) is 10.2. The fraction of sp³-hybridized carbons (Fsp3) is 0.375. The van der Waals surface area contributed by atoms with Gasteiger partial charge in [0.25, 0.3) is 5.91 Å². The Morgan fingerprint density at radius 2 is 2.24 bits per heavy atom. The second-order valence-electron chi connectivity index (χ2n) is 4.61. The summed E-state index contributed by atoms with van der Waals surface area (Å²) in [6.07, 6.45) is 4.15. The summed E-state index contributed by atoms with van der Waals surface area (Å²) >= 11 is 5.90. The second-order valence-corrected chi connectivity index (χ2v) is 5.05. The van der Waals surface area contributed by atoms with Crippen LogP contribution in [0.1, 0.15) is 25.3 Å². The van der Waals surface area contributed by atoms with Crippen LogP contribution >= 0.6 is 11.6 Å². The van der Waals surface area contributed by atoms with Gasteiger partial charge in [-0.25, -0.2) is 0 Å². The van der Waals surface area contributed by atoms with E-state index in [-0.39, 0.29) is 11.5 Å². The van der Waals surface area contributed by atoms with Crippen molar-refractivity contribution < 1.29 is 4.79 Å². The van der Waals surface area contributed by atoms with Gasteiger partial charge in [-0.2, -0.15) is 5.26 Å². The van der Waals surface area contributed by atoms with Crippen molar-refractivity contribution in [2.24, 2.45) is 0 Å². The molecule has 0 aliphatic carbocycles. The maximum absolute atomic E-state index is 11.7. The lowest BCUT2D eigenvalue weighted by Gasteiger charge is -2.05. The zero-order valence-electron chi connectivity index (χ0n) is 12.2. The lowest BCUT2D eigenvalue weighted by Crippen LogP contribution is -2.26. The van der Waals surface area contributed by atoms with Gasteiger partial charge in [0.2, 0.25) is 0 Å². The highest BCUT2D eigenvalue weighted by molar-refractivity contribution is 6.30. The van der Waals surface area contributed by atoms with Crippen molar-refractivity contribution in [3.63, 3.8) is 0 Å². The largest absolute Gasteiger partial charge is 0.389 e. The van der Waals surface area contributed by atoms with Crippen LogP contribution in [0.25, 0.3) is 0 Å². The molecule has 0 aliphatic heterocycles. The molecule has 2 N–H and O–H groups in total. The Hall–Kier alpha value is -1.99. The van der Waals surface area contributed by atoms with Crippen molar-refractivity contribution >= 4 is 17.5 Å². The molecule has 1 rings (SSSR count). The molecule has 4 nitrogen and oxygen atoms in total. The second kappa shape index (κ2) is 9.84. The first kappa shape index (κ1) is 17.1. The third-order valence-electron chi connectivity index (χ3n) is 2.87. The van der Waals surface area contributed by atoms with Gasteiger partial charge in [0.15, 0.2) is 0 Å². The number of nitriles is 1. The number of unbranched alkanes of at least 4 members (excludes halogenated alkanes) is 1. The normalized spacial score (nSPS) is 10.8. The minimum absolute atomic E-state index is 0.0946. The number of hydrogen-bond donors (Lipinski definition) is 2. The summed E-state index contributed by atoms with van der Waals surface area (Å²) in [6, 6.07) is 9.51. The first-order valence-electron chi connectivity index (χ1n) is 7.03. The van der Waals surface area contributed by atoms with Crippen molar-refractivity contribution in [2.75, 3.05) is 13.1 Å². The van der Waals surface area contributed by atoms with Gasteiger partial charge in [-0.05, 0) is 30.5 Å². The lowest BCUT2D eigenvalue weighted by molar-refractivity contribution is -0.117. The third-order valence-corrected chi connectivity index (χ3v) is 3.11. The predicted octanol–water partition coefficient (Wildman–Crippen LogP) is 2.80. The van der Waals surface area contributed by atoms with Crippen molar-refractivity contribution in [1.29, 1.82) is 5.26 Å². The van der Waals surface area contributed by atoms with Crippen LogP contribution in [0.15, 0.2) is 36.0 Å². The summed E-state index contributed by atoms with van der Waals surface area (Å²) in [6.45, 7) is 3.27. The van der Waals surface area contributed by atoms with Crippen LogP contribution in [0, 0.1) is 11.3 Å². The fourth-order valence-corrected chi connectivity index (χ4v) is 1.92.